The Hall–Kier alpha value is -0.580. The van der Waals surface area contributed by atoms with Crippen molar-refractivity contribution >= 4 is 15.9 Å². The molecule has 0 aliphatic carbocycles. The van der Waals surface area contributed by atoms with E-state index in [2.05, 4.69) is 54.2 Å². The van der Waals surface area contributed by atoms with Crippen LogP contribution >= 0.6 is 15.9 Å². The quantitative estimate of drug-likeness (QED) is 0.871. The molecule has 1 atom stereocenters. The predicted molar refractivity (Wildman–Crippen MR) is 78.2 cm³/mol. The van der Waals surface area contributed by atoms with Crippen molar-refractivity contribution in [3.8, 4) is 5.75 Å². The molecule has 3 nitrogen and oxygen atoms in total. The minimum absolute atomic E-state index is 0.155. The fourth-order valence-electron chi connectivity index (χ4n) is 1.54. The van der Waals surface area contributed by atoms with Gasteiger partial charge in [0.15, 0.2) is 0 Å². The van der Waals surface area contributed by atoms with Crippen LogP contribution < -0.4 is 10.1 Å². The topological polar surface area (TPSA) is 30.5 Å². The Morgan fingerprint density at radius 3 is 2.50 bits per heavy atom. The van der Waals surface area contributed by atoms with Crippen molar-refractivity contribution in [2.45, 2.75) is 32.4 Å². The Morgan fingerprint density at radius 1 is 1.33 bits per heavy atom. The molecule has 1 unspecified atom stereocenters. The Balaban J connectivity index is 2.67. The fourth-order valence-corrected chi connectivity index (χ4v) is 2.10. The zero-order chi connectivity index (χ0) is 13.8. The second-order valence-corrected chi connectivity index (χ2v) is 5.81. The summed E-state index contributed by atoms with van der Waals surface area (Å²) in [5.74, 6) is 0.850. The molecule has 0 bridgehead atoms. The Kier molecular flexibility index (Phi) is 5.63. The molecule has 1 rings (SSSR count). The van der Waals surface area contributed by atoms with Gasteiger partial charge in [-0.05, 0) is 54.4 Å². The van der Waals surface area contributed by atoms with Crippen LogP contribution in [0.2, 0.25) is 0 Å². The molecule has 0 amide bonds. The first-order valence-corrected chi connectivity index (χ1v) is 6.81. The lowest BCUT2D eigenvalue weighted by Crippen LogP contribution is -2.37. The SMILES string of the molecule is COc1ccc(C(C)NCC(C)(C)OC)cc1Br. The first-order valence-electron chi connectivity index (χ1n) is 6.01. The zero-order valence-corrected chi connectivity index (χ0v) is 13.3. The standard InChI is InChI=1S/C14H22BrNO2/c1-10(16-9-14(2,3)18-5)11-6-7-13(17-4)12(15)8-11/h6-8,10,16H,9H2,1-5H3. The van der Waals surface area contributed by atoms with E-state index >= 15 is 0 Å². The minimum Gasteiger partial charge on any atom is -0.496 e. The molecule has 0 heterocycles. The van der Waals surface area contributed by atoms with Crippen LogP contribution in [-0.2, 0) is 4.74 Å². The normalized spacial score (nSPS) is 13.4. The van der Waals surface area contributed by atoms with Gasteiger partial charge >= 0.3 is 0 Å². The third-order valence-corrected chi connectivity index (χ3v) is 3.68. The number of nitrogens with one attached hydrogen (secondary N) is 1. The number of hydrogen-bond acceptors (Lipinski definition) is 3. The van der Waals surface area contributed by atoms with Gasteiger partial charge in [-0.1, -0.05) is 6.07 Å². The van der Waals surface area contributed by atoms with Crippen molar-refractivity contribution in [1.29, 1.82) is 0 Å². The predicted octanol–water partition coefficient (Wildman–Crippen LogP) is 3.53. The first kappa shape index (κ1) is 15.5. The lowest BCUT2D eigenvalue weighted by Gasteiger charge is -2.26. The summed E-state index contributed by atoms with van der Waals surface area (Å²) in [5, 5.41) is 3.47. The summed E-state index contributed by atoms with van der Waals surface area (Å²) in [4.78, 5) is 0. The molecule has 18 heavy (non-hydrogen) atoms. The molecule has 0 aliphatic rings. The van der Waals surface area contributed by atoms with Crippen molar-refractivity contribution in [2.75, 3.05) is 20.8 Å². The van der Waals surface area contributed by atoms with E-state index in [1.165, 1.54) is 5.56 Å². The third kappa shape index (κ3) is 4.26. The molecule has 4 heteroatoms. The lowest BCUT2D eigenvalue weighted by atomic mass is 10.1. The van der Waals surface area contributed by atoms with E-state index in [4.69, 9.17) is 9.47 Å². The number of benzene rings is 1. The van der Waals surface area contributed by atoms with Crippen LogP contribution in [0.25, 0.3) is 0 Å². The van der Waals surface area contributed by atoms with Gasteiger partial charge in [0.2, 0.25) is 0 Å². The molecule has 0 aromatic heterocycles. The molecule has 0 aliphatic heterocycles. The zero-order valence-electron chi connectivity index (χ0n) is 11.7. The maximum Gasteiger partial charge on any atom is 0.133 e. The lowest BCUT2D eigenvalue weighted by molar-refractivity contribution is 0.0214. The van der Waals surface area contributed by atoms with Gasteiger partial charge in [0, 0.05) is 19.7 Å². The molecule has 0 spiro atoms. The molecule has 0 saturated carbocycles. The number of rotatable bonds is 6. The van der Waals surface area contributed by atoms with E-state index in [9.17, 15) is 0 Å². The minimum atomic E-state index is -0.155. The van der Waals surface area contributed by atoms with Crippen LogP contribution in [0.3, 0.4) is 0 Å². The summed E-state index contributed by atoms with van der Waals surface area (Å²) in [6.07, 6.45) is 0. The highest BCUT2D eigenvalue weighted by molar-refractivity contribution is 9.10. The van der Waals surface area contributed by atoms with E-state index in [0.29, 0.717) is 0 Å². The van der Waals surface area contributed by atoms with Gasteiger partial charge in [0.25, 0.3) is 0 Å². The van der Waals surface area contributed by atoms with Crippen LogP contribution in [0, 0.1) is 0 Å². The van der Waals surface area contributed by atoms with Gasteiger partial charge in [-0.3, -0.25) is 0 Å². The average Bonchev–Trinajstić information content (AvgIpc) is 2.36. The second-order valence-electron chi connectivity index (χ2n) is 4.96. The summed E-state index contributed by atoms with van der Waals surface area (Å²) in [6, 6.07) is 6.39. The molecule has 0 saturated heterocycles. The van der Waals surface area contributed by atoms with Crippen molar-refractivity contribution in [2.24, 2.45) is 0 Å². The molecule has 0 fully saturated rings. The highest BCUT2D eigenvalue weighted by atomic mass is 79.9. The van der Waals surface area contributed by atoms with E-state index < -0.39 is 0 Å². The van der Waals surface area contributed by atoms with Crippen LogP contribution in [0.1, 0.15) is 32.4 Å². The second kappa shape index (κ2) is 6.55. The Bertz CT molecular complexity index is 393. The maximum absolute atomic E-state index is 5.39. The van der Waals surface area contributed by atoms with Crippen LogP contribution in [0.4, 0.5) is 0 Å². The van der Waals surface area contributed by atoms with Crippen molar-refractivity contribution < 1.29 is 9.47 Å². The number of halogens is 1. The highest BCUT2D eigenvalue weighted by Crippen LogP contribution is 2.28. The smallest absolute Gasteiger partial charge is 0.133 e. The van der Waals surface area contributed by atoms with Crippen LogP contribution in [-0.4, -0.2) is 26.4 Å². The van der Waals surface area contributed by atoms with Gasteiger partial charge < -0.3 is 14.8 Å². The molecular weight excluding hydrogens is 294 g/mol. The summed E-state index contributed by atoms with van der Waals surface area (Å²) >= 11 is 3.50. The molecule has 1 aromatic rings. The average molecular weight is 316 g/mol. The van der Waals surface area contributed by atoms with Crippen molar-refractivity contribution in [1.82, 2.24) is 5.32 Å². The van der Waals surface area contributed by atoms with E-state index in [1.807, 2.05) is 6.07 Å². The largest absolute Gasteiger partial charge is 0.496 e. The maximum atomic E-state index is 5.39. The monoisotopic (exact) mass is 315 g/mol. The Morgan fingerprint density at radius 2 is 2.00 bits per heavy atom. The summed E-state index contributed by atoms with van der Waals surface area (Å²) in [5.41, 5.74) is 1.06. The molecular formula is C14H22BrNO2. The van der Waals surface area contributed by atoms with E-state index in [-0.39, 0.29) is 11.6 Å². The number of methoxy groups -OCH3 is 2. The Labute approximate surface area is 118 Å². The van der Waals surface area contributed by atoms with Gasteiger partial charge in [-0.25, -0.2) is 0 Å². The highest BCUT2D eigenvalue weighted by Gasteiger charge is 2.17. The molecule has 1 N–H and O–H groups in total. The van der Waals surface area contributed by atoms with E-state index in [0.717, 1.165) is 16.8 Å². The molecule has 1 aromatic carbocycles. The molecule has 0 radical (unpaired) electrons. The van der Waals surface area contributed by atoms with Gasteiger partial charge in [-0.2, -0.15) is 0 Å². The van der Waals surface area contributed by atoms with E-state index in [1.54, 1.807) is 14.2 Å². The van der Waals surface area contributed by atoms with Crippen molar-refractivity contribution in [3.63, 3.8) is 0 Å². The summed E-state index contributed by atoms with van der Waals surface area (Å²) < 4.78 is 11.6. The van der Waals surface area contributed by atoms with Crippen molar-refractivity contribution in [3.05, 3.63) is 28.2 Å². The molecule has 102 valence electrons. The van der Waals surface area contributed by atoms with Gasteiger partial charge in [-0.15, -0.1) is 0 Å². The number of hydrogen-bond donors (Lipinski definition) is 1. The third-order valence-electron chi connectivity index (χ3n) is 3.06. The summed E-state index contributed by atoms with van der Waals surface area (Å²) in [7, 11) is 3.40. The fraction of sp³-hybridized carbons (Fsp3) is 0.571. The van der Waals surface area contributed by atoms with Crippen LogP contribution in [0.5, 0.6) is 5.75 Å². The summed E-state index contributed by atoms with van der Waals surface area (Å²) in [6.45, 7) is 7.07. The van der Waals surface area contributed by atoms with Gasteiger partial charge in [0.05, 0.1) is 17.2 Å². The van der Waals surface area contributed by atoms with Crippen LogP contribution in [0.15, 0.2) is 22.7 Å². The first-order chi connectivity index (χ1) is 8.39. The number of ether oxygens (including phenoxy) is 2. The van der Waals surface area contributed by atoms with Gasteiger partial charge in [0.1, 0.15) is 5.75 Å².